The summed E-state index contributed by atoms with van der Waals surface area (Å²) in [5, 5.41) is 11.9. The molecular formula is C19H17F2NO4. The number of methoxy groups -OCH3 is 1. The van der Waals surface area contributed by atoms with Crippen molar-refractivity contribution in [1.29, 1.82) is 0 Å². The van der Waals surface area contributed by atoms with Gasteiger partial charge in [0.2, 0.25) is 5.91 Å². The van der Waals surface area contributed by atoms with E-state index < -0.39 is 35.5 Å². The molecule has 0 aliphatic heterocycles. The van der Waals surface area contributed by atoms with Crippen molar-refractivity contribution in [2.75, 3.05) is 7.11 Å². The third kappa shape index (κ3) is 3.66. The summed E-state index contributed by atoms with van der Waals surface area (Å²) in [6.07, 6.45) is 0.392. The fourth-order valence-electron chi connectivity index (χ4n) is 2.96. The van der Waals surface area contributed by atoms with E-state index in [1.807, 2.05) is 0 Å². The first-order valence-electron chi connectivity index (χ1n) is 8.02. The molecule has 1 fully saturated rings. The average Bonchev–Trinajstić information content (AvgIpc) is 3.40. The Labute approximate surface area is 148 Å². The van der Waals surface area contributed by atoms with Gasteiger partial charge in [-0.3, -0.25) is 4.79 Å². The Balaban J connectivity index is 1.70. The molecule has 0 saturated heterocycles. The smallest absolute Gasteiger partial charge is 0.330 e. The van der Waals surface area contributed by atoms with Crippen LogP contribution in [0.3, 0.4) is 0 Å². The van der Waals surface area contributed by atoms with Crippen LogP contribution in [0.5, 0.6) is 5.75 Å². The summed E-state index contributed by atoms with van der Waals surface area (Å²) in [5.74, 6) is -3.39. The highest BCUT2D eigenvalue weighted by molar-refractivity contribution is 5.88. The van der Waals surface area contributed by atoms with Gasteiger partial charge in [0, 0.05) is 12.0 Å². The average molecular weight is 361 g/mol. The third-order valence-electron chi connectivity index (χ3n) is 4.47. The second-order valence-electron chi connectivity index (χ2n) is 6.17. The zero-order chi connectivity index (χ0) is 18.8. The summed E-state index contributed by atoms with van der Waals surface area (Å²) < 4.78 is 31.8. The summed E-state index contributed by atoms with van der Waals surface area (Å²) in [7, 11) is 1.49. The maximum Gasteiger partial charge on any atom is 0.330 e. The van der Waals surface area contributed by atoms with Crippen LogP contribution in [0.2, 0.25) is 0 Å². The first kappa shape index (κ1) is 17.8. The van der Waals surface area contributed by atoms with Gasteiger partial charge >= 0.3 is 5.97 Å². The maximum absolute atomic E-state index is 13.8. The van der Waals surface area contributed by atoms with E-state index in [2.05, 4.69) is 5.32 Å². The van der Waals surface area contributed by atoms with Crippen molar-refractivity contribution in [2.24, 2.45) is 5.92 Å². The molecule has 3 rings (SSSR count). The van der Waals surface area contributed by atoms with Crippen LogP contribution in [0.4, 0.5) is 8.78 Å². The van der Waals surface area contributed by atoms with Crippen molar-refractivity contribution in [3.63, 3.8) is 0 Å². The molecule has 1 saturated carbocycles. The predicted molar refractivity (Wildman–Crippen MR) is 88.7 cm³/mol. The summed E-state index contributed by atoms with van der Waals surface area (Å²) >= 11 is 0. The summed E-state index contributed by atoms with van der Waals surface area (Å²) in [6.45, 7) is 0. The highest BCUT2D eigenvalue weighted by Gasteiger charge is 2.46. The Morgan fingerprint density at radius 3 is 2.46 bits per heavy atom. The molecular weight excluding hydrogens is 344 g/mol. The molecule has 5 nitrogen and oxygen atoms in total. The zero-order valence-electron chi connectivity index (χ0n) is 13.9. The summed E-state index contributed by atoms with van der Waals surface area (Å²) in [5.41, 5.74) is 0.666. The molecule has 0 spiro atoms. The van der Waals surface area contributed by atoms with Gasteiger partial charge in [0.05, 0.1) is 7.11 Å². The lowest BCUT2D eigenvalue weighted by Gasteiger charge is -2.15. The van der Waals surface area contributed by atoms with Crippen molar-refractivity contribution in [1.82, 2.24) is 5.32 Å². The number of rotatable bonds is 6. The number of ether oxygens (including phenoxy) is 1. The fourth-order valence-corrected chi connectivity index (χ4v) is 2.96. The van der Waals surface area contributed by atoms with Gasteiger partial charge in [0.15, 0.2) is 6.04 Å². The molecule has 1 aliphatic rings. The van der Waals surface area contributed by atoms with Gasteiger partial charge in [-0.25, -0.2) is 13.6 Å². The van der Waals surface area contributed by atoms with E-state index in [9.17, 15) is 23.5 Å². The van der Waals surface area contributed by atoms with E-state index in [4.69, 9.17) is 4.74 Å². The minimum atomic E-state index is -1.22. The van der Waals surface area contributed by atoms with Crippen LogP contribution in [0.1, 0.15) is 29.5 Å². The molecule has 2 N–H and O–H groups in total. The van der Waals surface area contributed by atoms with Gasteiger partial charge in [-0.1, -0.05) is 18.2 Å². The summed E-state index contributed by atoms with van der Waals surface area (Å²) in [4.78, 5) is 23.9. The highest BCUT2D eigenvalue weighted by atomic mass is 19.1. The second kappa shape index (κ2) is 7.11. The molecule has 0 radical (unpaired) electrons. The van der Waals surface area contributed by atoms with E-state index in [0.29, 0.717) is 17.7 Å². The fraction of sp³-hybridized carbons (Fsp3) is 0.263. The highest BCUT2D eigenvalue weighted by Crippen LogP contribution is 2.48. The summed E-state index contributed by atoms with van der Waals surface area (Å²) in [6, 6.07) is 8.34. The Kier molecular flexibility index (Phi) is 4.88. The number of halogens is 2. The van der Waals surface area contributed by atoms with Crippen molar-refractivity contribution in [2.45, 2.75) is 18.4 Å². The molecule has 2 aromatic rings. The molecule has 136 valence electrons. The lowest BCUT2D eigenvalue weighted by atomic mass is 10.1. The molecule has 3 unspecified atom stereocenters. The minimum Gasteiger partial charge on any atom is -0.497 e. The van der Waals surface area contributed by atoms with E-state index in [-0.39, 0.29) is 11.5 Å². The lowest BCUT2D eigenvalue weighted by Crippen LogP contribution is -2.35. The quantitative estimate of drug-likeness (QED) is 0.829. The van der Waals surface area contributed by atoms with Crippen molar-refractivity contribution < 1.29 is 28.2 Å². The molecule has 3 atom stereocenters. The topological polar surface area (TPSA) is 75.6 Å². The Bertz CT molecular complexity index is 838. The lowest BCUT2D eigenvalue weighted by molar-refractivity contribution is -0.142. The number of carbonyl (C=O) groups is 2. The number of aliphatic carboxylic acids is 1. The Morgan fingerprint density at radius 2 is 1.88 bits per heavy atom. The number of hydrogen-bond acceptors (Lipinski definition) is 3. The van der Waals surface area contributed by atoms with Crippen LogP contribution >= 0.6 is 0 Å². The normalized spacial score (nSPS) is 19.5. The van der Waals surface area contributed by atoms with Crippen LogP contribution in [0.15, 0.2) is 42.5 Å². The molecule has 7 heteroatoms. The van der Waals surface area contributed by atoms with Crippen LogP contribution in [-0.2, 0) is 9.59 Å². The SMILES string of the molecule is COc1ccc(C(NC(=O)C2CC2c2ccc(F)cc2F)C(=O)O)cc1. The van der Waals surface area contributed by atoms with Gasteiger partial charge in [-0.05, 0) is 41.7 Å². The van der Waals surface area contributed by atoms with Gasteiger partial charge in [0.25, 0.3) is 0 Å². The maximum atomic E-state index is 13.8. The van der Waals surface area contributed by atoms with Crippen LogP contribution < -0.4 is 10.1 Å². The molecule has 1 aliphatic carbocycles. The zero-order valence-corrected chi connectivity index (χ0v) is 13.9. The monoisotopic (exact) mass is 361 g/mol. The number of amides is 1. The van der Waals surface area contributed by atoms with Gasteiger partial charge < -0.3 is 15.2 Å². The third-order valence-corrected chi connectivity index (χ3v) is 4.47. The second-order valence-corrected chi connectivity index (χ2v) is 6.17. The minimum absolute atomic E-state index is 0.267. The number of carboxylic acids is 1. The van der Waals surface area contributed by atoms with Crippen molar-refractivity contribution in [3.8, 4) is 5.75 Å². The van der Waals surface area contributed by atoms with Crippen molar-refractivity contribution >= 4 is 11.9 Å². The van der Waals surface area contributed by atoms with E-state index in [1.54, 1.807) is 24.3 Å². The first-order valence-corrected chi connectivity index (χ1v) is 8.02. The largest absolute Gasteiger partial charge is 0.497 e. The van der Waals surface area contributed by atoms with E-state index >= 15 is 0 Å². The molecule has 26 heavy (non-hydrogen) atoms. The van der Waals surface area contributed by atoms with E-state index in [1.165, 1.54) is 13.2 Å². The number of hydrogen-bond donors (Lipinski definition) is 2. The molecule has 0 heterocycles. The van der Waals surface area contributed by atoms with Gasteiger partial charge in [0.1, 0.15) is 17.4 Å². The Morgan fingerprint density at radius 1 is 1.19 bits per heavy atom. The van der Waals surface area contributed by atoms with Crippen LogP contribution in [-0.4, -0.2) is 24.1 Å². The molecule has 0 bridgehead atoms. The molecule has 0 aromatic heterocycles. The van der Waals surface area contributed by atoms with E-state index in [0.717, 1.165) is 12.1 Å². The van der Waals surface area contributed by atoms with Crippen molar-refractivity contribution in [3.05, 3.63) is 65.2 Å². The van der Waals surface area contributed by atoms with Crippen LogP contribution in [0, 0.1) is 17.6 Å². The number of benzene rings is 2. The number of carbonyl (C=O) groups excluding carboxylic acids is 1. The molecule has 1 amide bonds. The van der Waals surface area contributed by atoms with Gasteiger partial charge in [-0.2, -0.15) is 0 Å². The first-order chi connectivity index (χ1) is 12.4. The van der Waals surface area contributed by atoms with Crippen LogP contribution in [0.25, 0.3) is 0 Å². The Hall–Kier alpha value is -2.96. The van der Waals surface area contributed by atoms with Gasteiger partial charge in [-0.15, -0.1) is 0 Å². The number of carboxylic acid groups (broad SMARTS) is 1. The molecule has 2 aromatic carbocycles. The standard InChI is InChI=1S/C19H17F2NO4/c1-26-12-5-2-10(3-6-12)17(19(24)25)22-18(23)15-9-14(15)13-7-4-11(20)8-16(13)21/h2-8,14-15,17H,9H2,1H3,(H,22,23)(H,24,25). The predicted octanol–water partition coefficient (Wildman–Crippen LogP) is 3.02. The number of nitrogens with one attached hydrogen (secondary N) is 1.